The molecule has 0 bridgehead atoms. The van der Waals surface area contributed by atoms with Crippen molar-refractivity contribution in [2.45, 2.75) is 24.8 Å². The maximum atomic E-state index is 13.3. The largest absolute Gasteiger partial charge is 0.467 e. The van der Waals surface area contributed by atoms with Crippen LogP contribution in [0.4, 0.5) is 11.8 Å². The van der Waals surface area contributed by atoms with Gasteiger partial charge in [0.05, 0.1) is 31.5 Å². The number of methoxy groups -OCH3 is 1. The van der Waals surface area contributed by atoms with E-state index in [0.717, 1.165) is 24.0 Å². The normalized spacial score (nSPS) is 17.5. The molecular weight excluding hydrogens is 424 g/mol. The van der Waals surface area contributed by atoms with E-state index in [4.69, 9.17) is 14.9 Å². The van der Waals surface area contributed by atoms with Crippen LogP contribution in [0, 0.1) is 0 Å². The lowest BCUT2D eigenvalue weighted by Crippen LogP contribution is -2.47. The van der Waals surface area contributed by atoms with Gasteiger partial charge in [0.1, 0.15) is 5.82 Å². The Kier molecular flexibility index (Phi) is 5.04. The van der Waals surface area contributed by atoms with Gasteiger partial charge in [-0.05, 0) is 42.5 Å². The minimum absolute atomic E-state index is 0.0127. The molecule has 3 N–H and O–H groups in total. The van der Waals surface area contributed by atoms with Crippen LogP contribution in [0.3, 0.4) is 0 Å². The van der Waals surface area contributed by atoms with Crippen molar-refractivity contribution in [2.24, 2.45) is 0 Å². The van der Waals surface area contributed by atoms with Crippen LogP contribution in [0.15, 0.2) is 53.3 Å². The second-order valence-corrected chi connectivity index (χ2v) is 7.84. The third kappa shape index (κ3) is 3.30. The zero-order chi connectivity index (χ0) is 23.0. The van der Waals surface area contributed by atoms with Crippen LogP contribution >= 0.6 is 0 Å². The number of benzene rings is 1. The van der Waals surface area contributed by atoms with Gasteiger partial charge < -0.3 is 20.2 Å². The molecule has 3 aromatic heterocycles. The topological polar surface area (TPSA) is 138 Å². The molecular formula is C23H22N6O4. The summed E-state index contributed by atoms with van der Waals surface area (Å²) in [7, 11) is 1.36. The lowest BCUT2D eigenvalue weighted by Gasteiger charge is -2.36. The monoisotopic (exact) mass is 446 g/mol. The molecule has 1 aliphatic rings. The van der Waals surface area contributed by atoms with Gasteiger partial charge in [-0.1, -0.05) is 24.3 Å². The molecule has 0 saturated heterocycles. The first-order valence-corrected chi connectivity index (χ1v) is 10.5. The quantitative estimate of drug-likeness (QED) is 0.338. The molecule has 4 aromatic rings. The second-order valence-electron chi connectivity index (χ2n) is 7.84. The van der Waals surface area contributed by atoms with Crippen LogP contribution in [0.2, 0.25) is 0 Å². The predicted octanol–water partition coefficient (Wildman–Crippen LogP) is 2.55. The van der Waals surface area contributed by atoms with E-state index >= 15 is 0 Å². The molecule has 0 radical (unpaired) electrons. The fourth-order valence-corrected chi connectivity index (χ4v) is 4.53. The molecule has 10 heteroatoms. The average Bonchev–Trinajstić information content (AvgIpc) is 3.52. The predicted molar refractivity (Wildman–Crippen MR) is 120 cm³/mol. The number of fused-ring (bicyclic) bond motifs is 2. The Morgan fingerprint density at radius 1 is 1.24 bits per heavy atom. The molecule has 1 unspecified atom stereocenters. The van der Waals surface area contributed by atoms with E-state index in [1.165, 1.54) is 13.4 Å². The number of carbonyl (C=O) groups is 2. The Morgan fingerprint density at radius 3 is 2.88 bits per heavy atom. The van der Waals surface area contributed by atoms with Gasteiger partial charge in [0.15, 0.2) is 16.9 Å². The number of anilines is 2. The number of nitrogen functional groups attached to an aromatic ring is 1. The summed E-state index contributed by atoms with van der Waals surface area (Å²) in [6, 6.07) is 11.0. The highest BCUT2D eigenvalue weighted by Gasteiger charge is 2.48. The lowest BCUT2D eigenvalue weighted by molar-refractivity contribution is -0.150. The highest BCUT2D eigenvalue weighted by molar-refractivity contribution is 5.98. The molecule has 3 heterocycles. The third-order valence-electron chi connectivity index (χ3n) is 5.99. The highest BCUT2D eigenvalue weighted by atomic mass is 16.5. The number of hydrogen-bond acceptors (Lipinski definition) is 9. The van der Waals surface area contributed by atoms with Crippen molar-refractivity contribution in [3.8, 4) is 0 Å². The van der Waals surface area contributed by atoms with Crippen LogP contribution in [0.5, 0.6) is 0 Å². The van der Waals surface area contributed by atoms with Gasteiger partial charge in [-0.25, -0.2) is 9.48 Å². The first kappa shape index (κ1) is 20.7. The van der Waals surface area contributed by atoms with Crippen molar-refractivity contribution in [1.29, 1.82) is 0 Å². The minimum Gasteiger partial charge on any atom is -0.467 e. The zero-order valence-corrected chi connectivity index (χ0v) is 17.9. The summed E-state index contributed by atoms with van der Waals surface area (Å²) in [5.41, 5.74) is 7.08. The van der Waals surface area contributed by atoms with E-state index in [0.29, 0.717) is 23.3 Å². The van der Waals surface area contributed by atoms with Gasteiger partial charge >= 0.3 is 5.97 Å². The van der Waals surface area contributed by atoms with Gasteiger partial charge in [-0.15, -0.1) is 0 Å². The van der Waals surface area contributed by atoms with Crippen LogP contribution in [-0.4, -0.2) is 45.2 Å². The Labute approximate surface area is 188 Å². The number of ketones is 1. The van der Waals surface area contributed by atoms with Crippen LogP contribution in [0.25, 0.3) is 11.0 Å². The van der Waals surface area contributed by atoms with Crippen molar-refractivity contribution in [2.75, 3.05) is 24.7 Å². The molecule has 0 saturated carbocycles. The van der Waals surface area contributed by atoms with E-state index in [1.54, 1.807) is 23.0 Å². The van der Waals surface area contributed by atoms with Gasteiger partial charge in [-0.3, -0.25) is 4.79 Å². The number of aromatic nitrogens is 4. The summed E-state index contributed by atoms with van der Waals surface area (Å²) in [4.78, 5) is 34.3. The number of nitrogens with two attached hydrogens (primary N) is 1. The molecule has 1 aromatic carbocycles. The van der Waals surface area contributed by atoms with E-state index in [2.05, 4.69) is 20.4 Å². The number of Topliss-reactive ketones (excluding diaryl/α,β-unsaturated/α-hetero) is 1. The van der Waals surface area contributed by atoms with E-state index in [9.17, 15) is 9.59 Å². The first-order chi connectivity index (χ1) is 16.0. The van der Waals surface area contributed by atoms with Gasteiger partial charge in [0.2, 0.25) is 11.7 Å². The number of nitrogens with one attached hydrogen (secondary N) is 1. The molecule has 0 spiro atoms. The Bertz CT molecular complexity index is 1350. The van der Waals surface area contributed by atoms with Crippen molar-refractivity contribution >= 4 is 34.6 Å². The summed E-state index contributed by atoms with van der Waals surface area (Å²) in [6.07, 6.45) is 5.13. The van der Waals surface area contributed by atoms with Crippen molar-refractivity contribution in [3.63, 3.8) is 0 Å². The van der Waals surface area contributed by atoms with E-state index in [1.807, 2.05) is 24.3 Å². The van der Waals surface area contributed by atoms with Gasteiger partial charge in [-0.2, -0.15) is 15.1 Å². The maximum absolute atomic E-state index is 13.3. The van der Waals surface area contributed by atoms with Crippen LogP contribution in [0.1, 0.15) is 34.5 Å². The summed E-state index contributed by atoms with van der Waals surface area (Å²) >= 11 is 0. The number of hydrogen-bond donors (Lipinski definition) is 2. The Hall–Kier alpha value is -4.21. The fourth-order valence-electron chi connectivity index (χ4n) is 4.53. The van der Waals surface area contributed by atoms with E-state index in [-0.39, 0.29) is 24.0 Å². The molecule has 1 atom stereocenters. The molecule has 5 rings (SSSR count). The number of furan rings is 1. The van der Waals surface area contributed by atoms with Gasteiger partial charge in [0, 0.05) is 0 Å². The molecule has 0 aliphatic heterocycles. The average molecular weight is 446 g/mol. The van der Waals surface area contributed by atoms with Crippen LogP contribution < -0.4 is 11.1 Å². The molecule has 0 fully saturated rings. The molecule has 33 heavy (non-hydrogen) atoms. The van der Waals surface area contributed by atoms with Crippen molar-refractivity contribution in [3.05, 3.63) is 65.7 Å². The third-order valence-corrected chi connectivity index (χ3v) is 5.99. The molecule has 0 amide bonds. The second kappa shape index (κ2) is 8.05. The molecule has 168 valence electrons. The number of esters is 1. The van der Waals surface area contributed by atoms with Crippen molar-refractivity contribution < 1.29 is 18.7 Å². The molecule has 1 aliphatic carbocycles. The summed E-state index contributed by atoms with van der Waals surface area (Å²) < 4.78 is 12.0. The van der Waals surface area contributed by atoms with E-state index < -0.39 is 11.5 Å². The SMILES string of the molecule is COC(=O)C1(n2ncc3c(NCC(=O)c4ccco4)nc(N)nc32)CCCc2ccccc21. The number of nitrogens with zero attached hydrogens (tertiary/aromatic N) is 4. The maximum Gasteiger partial charge on any atom is 0.338 e. The number of aryl methyl sites for hydroxylation is 1. The number of rotatable bonds is 6. The number of carbonyl (C=O) groups excluding carboxylic acids is 2. The molecule has 10 nitrogen and oxygen atoms in total. The Balaban J connectivity index is 1.62. The highest BCUT2D eigenvalue weighted by Crippen LogP contribution is 2.41. The summed E-state index contributed by atoms with van der Waals surface area (Å²) in [6.45, 7) is -0.0603. The summed E-state index contributed by atoms with van der Waals surface area (Å²) in [5.74, 6) is -0.113. The van der Waals surface area contributed by atoms with Gasteiger partial charge in [0.25, 0.3) is 0 Å². The minimum atomic E-state index is -1.19. The number of ether oxygens (including phenoxy) is 1. The van der Waals surface area contributed by atoms with Crippen molar-refractivity contribution in [1.82, 2.24) is 19.7 Å². The van der Waals surface area contributed by atoms with Crippen LogP contribution in [-0.2, 0) is 21.5 Å². The summed E-state index contributed by atoms with van der Waals surface area (Å²) in [5, 5.41) is 8.08. The smallest absolute Gasteiger partial charge is 0.338 e. The zero-order valence-electron chi connectivity index (χ0n) is 17.9. The lowest BCUT2D eigenvalue weighted by atomic mass is 9.76. The standard InChI is InChI=1S/C23H22N6O4/c1-32-21(31)23(10-4-7-14-6-2-3-8-16(14)23)29-20-15(12-26-29)19(27-22(24)28-20)25-13-17(30)18-9-5-11-33-18/h2-3,5-6,8-9,11-12H,4,7,10,13H2,1H3,(H3,24,25,27,28). The first-order valence-electron chi connectivity index (χ1n) is 10.5. The Morgan fingerprint density at radius 2 is 2.09 bits per heavy atom. The fraction of sp³-hybridized carbons (Fsp3) is 0.261.